The van der Waals surface area contributed by atoms with Gasteiger partial charge in [-0.3, -0.25) is 4.79 Å². The molecule has 1 aromatic carbocycles. The molecule has 0 N–H and O–H groups in total. The molecule has 0 atom stereocenters. The minimum Gasteiger partial charge on any atom is -0.497 e. The molecule has 0 fully saturated rings. The molecule has 0 bridgehead atoms. The van der Waals surface area contributed by atoms with Gasteiger partial charge in [0, 0.05) is 6.07 Å². The maximum Gasteiger partial charge on any atom is 0.171 e. The van der Waals surface area contributed by atoms with Crippen molar-refractivity contribution in [2.75, 3.05) is 14.2 Å². The van der Waals surface area contributed by atoms with Crippen molar-refractivity contribution in [2.24, 2.45) is 0 Å². The first-order valence-electron chi connectivity index (χ1n) is 4.92. The Morgan fingerprint density at radius 3 is 2.65 bits per heavy atom. The predicted molar refractivity (Wildman–Crippen MR) is 60.4 cm³/mol. The fourth-order valence-electron chi connectivity index (χ4n) is 1.48. The first-order valence-corrected chi connectivity index (χ1v) is 4.92. The van der Waals surface area contributed by atoms with Crippen molar-refractivity contribution in [2.45, 2.75) is 0 Å². The fourth-order valence-corrected chi connectivity index (χ4v) is 1.48. The van der Waals surface area contributed by atoms with Crippen molar-refractivity contribution < 1.29 is 18.8 Å². The number of aromatic nitrogens is 1. The van der Waals surface area contributed by atoms with E-state index < -0.39 is 0 Å². The predicted octanol–water partition coefficient (Wildman–Crippen LogP) is 2.17. The lowest BCUT2D eigenvalue weighted by atomic mass is 10.1. The summed E-state index contributed by atoms with van der Waals surface area (Å²) in [4.78, 5) is 10.6. The largest absolute Gasteiger partial charge is 0.497 e. The summed E-state index contributed by atoms with van der Waals surface area (Å²) in [6.45, 7) is 0. The van der Waals surface area contributed by atoms with Crippen LogP contribution in [0, 0.1) is 0 Å². The minimum absolute atomic E-state index is 0.241. The van der Waals surface area contributed by atoms with Crippen LogP contribution in [0.1, 0.15) is 10.5 Å². The van der Waals surface area contributed by atoms with E-state index in [0.29, 0.717) is 29.1 Å². The Hall–Kier alpha value is -2.30. The van der Waals surface area contributed by atoms with E-state index in [0.717, 1.165) is 0 Å². The molecular weight excluding hydrogens is 222 g/mol. The van der Waals surface area contributed by atoms with E-state index in [-0.39, 0.29) is 5.69 Å². The first-order chi connectivity index (χ1) is 8.28. The van der Waals surface area contributed by atoms with Gasteiger partial charge in [-0.15, -0.1) is 0 Å². The monoisotopic (exact) mass is 233 g/mol. The van der Waals surface area contributed by atoms with Crippen molar-refractivity contribution in [1.82, 2.24) is 5.16 Å². The third-order valence-electron chi connectivity index (χ3n) is 2.32. The third-order valence-corrected chi connectivity index (χ3v) is 2.32. The number of nitrogens with zero attached hydrogens (tertiary/aromatic N) is 1. The van der Waals surface area contributed by atoms with E-state index in [4.69, 9.17) is 14.0 Å². The highest BCUT2D eigenvalue weighted by atomic mass is 16.5. The number of benzene rings is 1. The summed E-state index contributed by atoms with van der Waals surface area (Å²) in [7, 11) is 3.13. The molecule has 5 heteroatoms. The van der Waals surface area contributed by atoms with Crippen LogP contribution >= 0.6 is 0 Å². The molecule has 1 aromatic heterocycles. The molecule has 0 unspecified atom stereocenters. The Morgan fingerprint density at radius 2 is 2.06 bits per heavy atom. The highest BCUT2D eigenvalue weighted by Crippen LogP contribution is 2.33. The van der Waals surface area contributed by atoms with E-state index >= 15 is 0 Å². The van der Waals surface area contributed by atoms with Gasteiger partial charge in [-0.2, -0.15) is 0 Å². The smallest absolute Gasteiger partial charge is 0.171 e. The van der Waals surface area contributed by atoms with Crippen LogP contribution < -0.4 is 9.47 Å². The Morgan fingerprint density at radius 1 is 1.24 bits per heavy atom. The summed E-state index contributed by atoms with van der Waals surface area (Å²) in [5.41, 5.74) is 0.928. The average molecular weight is 233 g/mol. The first kappa shape index (κ1) is 11.2. The molecule has 0 aliphatic rings. The number of hydrogen-bond acceptors (Lipinski definition) is 5. The van der Waals surface area contributed by atoms with Crippen LogP contribution in [0.15, 0.2) is 28.8 Å². The molecule has 2 aromatic rings. The molecule has 2 rings (SSSR count). The zero-order valence-corrected chi connectivity index (χ0v) is 9.47. The van der Waals surface area contributed by atoms with Crippen molar-refractivity contribution in [3.63, 3.8) is 0 Å². The van der Waals surface area contributed by atoms with Gasteiger partial charge >= 0.3 is 0 Å². The van der Waals surface area contributed by atoms with E-state index in [2.05, 4.69) is 5.16 Å². The lowest BCUT2D eigenvalue weighted by Crippen LogP contribution is -1.89. The molecule has 17 heavy (non-hydrogen) atoms. The van der Waals surface area contributed by atoms with Crippen LogP contribution in [0.25, 0.3) is 11.3 Å². The summed E-state index contributed by atoms with van der Waals surface area (Å²) in [6, 6.07) is 6.84. The van der Waals surface area contributed by atoms with Gasteiger partial charge in [-0.1, -0.05) is 5.16 Å². The van der Waals surface area contributed by atoms with E-state index in [1.165, 1.54) is 0 Å². The Bertz CT molecular complexity index is 533. The number of carbonyl (C=O) groups excluding carboxylic acids is 1. The second kappa shape index (κ2) is 4.69. The van der Waals surface area contributed by atoms with E-state index in [1.54, 1.807) is 38.5 Å². The second-order valence-electron chi connectivity index (χ2n) is 3.30. The van der Waals surface area contributed by atoms with Crippen LogP contribution in [-0.4, -0.2) is 25.7 Å². The zero-order chi connectivity index (χ0) is 12.3. The Balaban J connectivity index is 2.51. The quantitative estimate of drug-likeness (QED) is 0.757. The number of rotatable bonds is 4. The van der Waals surface area contributed by atoms with Crippen LogP contribution in [0.3, 0.4) is 0 Å². The zero-order valence-electron chi connectivity index (χ0n) is 9.47. The van der Waals surface area contributed by atoms with Gasteiger partial charge in [0.15, 0.2) is 12.0 Å². The third kappa shape index (κ3) is 2.13. The molecule has 0 saturated carbocycles. The molecule has 0 aliphatic heterocycles. The number of ether oxygens (including phenoxy) is 2. The highest BCUT2D eigenvalue weighted by molar-refractivity contribution is 5.76. The molecule has 0 radical (unpaired) electrons. The average Bonchev–Trinajstić information content (AvgIpc) is 2.86. The molecule has 1 heterocycles. The molecule has 0 saturated heterocycles. The number of hydrogen-bond donors (Lipinski definition) is 0. The fraction of sp³-hybridized carbons (Fsp3) is 0.167. The standard InChI is InChI=1S/C12H11NO4/c1-15-9-3-4-11(16-2)10(6-9)12-5-8(7-14)13-17-12/h3-7H,1-2H3. The summed E-state index contributed by atoms with van der Waals surface area (Å²) < 4.78 is 15.4. The molecular formula is C12H11NO4. The topological polar surface area (TPSA) is 61.6 Å². The number of carbonyl (C=O) groups is 1. The van der Waals surface area contributed by atoms with Gasteiger partial charge < -0.3 is 14.0 Å². The summed E-state index contributed by atoms with van der Waals surface area (Å²) in [6.07, 6.45) is 0.625. The van der Waals surface area contributed by atoms with Crippen LogP contribution in [0.5, 0.6) is 11.5 Å². The van der Waals surface area contributed by atoms with Crippen LogP contribution in [0.4, 0.5) is 0 Å². The highest BCUT2D eigenvalue weighted by Gasteiger charge is 2.12. The van der Waals surface area contributed by atoms with Crippen LogP contribution in [-0.2, 0) is 0 Å². The lowest BCUT2D eigenvalue weighted by molar-refractivity contribution is 0.111. The van der Waals surface area contributed by atoms with Gasteiger partial charge in [0.1, 0.15) is 17.2 Å². The normalized spacial score (nSPS) is 10.0. The van der Waals surface area contributed by atoms with Crippen molar-refractivity contribution in [1.29, 1.82) is 0 Å². The summed E-state index contributed by atoms with van der Waals surface area (Å²) in [5.74, 6) is 1.76. The Kier molecular flexibility index (Phi) is 3.09. The molecule has 88 valence electrons. The van der Waals surface area contributed by atoms with Gasteiger partial charge in [0.2, 0.25) is 0 Å². The van der Waals surface area contributed by atoms with Crippen LogP contribution in [0.2, 0.25) is 0 Å². The summed E-state index contributed by atoms with van der Waals surface area (Å²) in [5, 5.41) is 3.60. The maximum atomic E-state index is 10.6. The minimum atomic E-state index is 0.241. The molecule has 0 amide bonds. The Labute approximate surface area is 97.9 Å². The van der Waals surface area contributed by atoms with E-state index in [1.807, 2.05) is 0 Å². The number of aldehydes is 1. The van der Waals surface area contributed by atoms with Crippen molar-refractivity contribution in [3.8, 4) is 22.8 Å². The van der Waals surface area contributed by atoms with E-state index in [9.17, 15) is 4.79 Å². The van der Waals surface area contributed by atoms with Crippen molar-refractivity contribution >= 4 is 6.29 Å². The SMILES string of the molecule is COc1ccc(OC)c(-c2cc(C=O)no2)c1. The molecule has 0 aliphatic carbocycles. The second-order valence-corrected chi connectivity index (χ2v) is 3.30. The molecule has 5 nitrogen and oxygen atoms in total. The molecule has 0 spiro atoms. The van der Waals surface area contributed by atoms with Gasteiger partial charge in [0.25, 0.3) is 0 Å². The van der Waals surface area contributed by atoms with Gasteiger partial charge in [0.05, 0.1) is 19.8 Å². The van der Waals surface area contributed by atoms with Gasteiger partial charge in [-0.05, 0) is 18.2 Å². The maximum absolute atomic E-state index is 10.6. The summed E-state index contributed by atoms with van der Waals surface area (Å²) >= 11 is 0. The lowest BCUT2D eigenvalue weighted by Gasteiger charge is -2.07. The number of methoxy groups -OCH3 is 2. The van der Waals surface area contributed by atoms with Crippen molar-refractivity contribution in [3.05, 3.63) is 30.0 Å². The van der Waals surface area contributed by atoms with Gasteiger partial charge in [-0.25, -0.2) is 0 Å².